The van der Waals surface area contributed by atoms with E-state index >= 15 is 0 Å². The van der Waals surface area contributed by atoms with Crippen molar-refractivity contribution in [2.75, 3.05) is 7.11 Å². The van der Waals surface area contributed by atoms with Crippen molar-refractivity contribution in [2.45, 2.75) is 31.6 Å². The van der Waals surface area contributed by atoms with E-state index in [1.54, 1.807) is 7.11 Å². The molecule has 1 nitrogen and oxygen atoms in total. The summed E-state index contributed by atoms with van der Waals surface area (Å²) in [5, 5.41) is 0. The molecule has 0 radical (unpaired) electrons. The van der Waals surface area contributed by atoms with Gasteiger partial charge in [-0.05, 0) is 65.0 Å². The van der Waals surface area contributed by atoms with Crippen LogP contribution < -0.4 is 4.74 Å². The number of methoxy groups -OCH3 is 1. The van der Waals surface area contributed by atoms with Gasteiger partial charge in [0.1, 0.15) is 5.75 Å². The molecule has 2 heteroatoms. The third kappa shape index (κ3) is 6.27. The molecule has 0 fully saturated rings. The Balaban J connectivity index is 1.82. The molecule has 0 unspecified atom stereocenters. The predicted molar refractivity (Wildman–Crippen MR) is 139 cm³/mol. The number of hydrogen-bond donors (Lipinski definition) is 0. The van der Waals surface area contributed by atoms with E-state index in [4.69, 9.17) is 16.3 Å². The van der Waals surface area contributed by atoms with Crippen molar-refractivity contribution in [1.29, 1.82) is 0 Å². The summed E-state index contributed by atoms with van der Waals surface area (Å²) < 4.78 is 5.80. The normalized spacial score (nSPS) is 11.3. The highest BCUT2D eigenvalue weighted by molar-refractivity contribution is 6.17. The van der Waals surface area contributed by atoms with Crippen LogP contribution in [0.3, 0.4) is 0 Å². The Morgan fingerprint density at radius 3 is 1.42 bits per heavy atom. The monoisotopic (exact) mass is 454 g/mol. The maximum absolute atomic E-state index is 6.21. The number of halogens is 1. The smallest absolute Gasteiger partial charge is 0.122 e. The molecule has 0 saturated heterocycles. The molecule has 168 valence electrons. The summed E-state index contributed by atoms with van der Waals surface area (Å²) in [5.41, 5.74) is 6.40. The first-order chi connectivity index (χ1) is 16.2. The lowest BCUT2D eigenvalue weighted by molar-refractivity contribution is 0.271. The van der Waals surface area contributed by atoms with Gasteiger partial charge in [-0.15, -0.1) is 11.6 Å². The van der Waals surface area contributed by atoms with Crippen LogP contribution in [-0.4, -0.2) is 7.11 Å². The fourth-order valence-corrected chi connectivity index (χ4v) is 5.09. The van der Waals surface area contributed by atoms with Crippen LogP contribution in [0.1, 0.15) is 27.8 Å². The molecular formula is C31H31ClO. The zero-order valence-corrected chi connectivity index (χ0v) is 20.0. The number of alkyl halides is 1. The molecule has 4 aromatic rings. The average Bonchev–Trinajstić information content (AvgIpc) is 2.86. The second-order valence-corrected chi connectivity index (χ2v) is 9.21. The Hall–Kier alpha value is -3.03. The topological polar surface area (TPSA) is 9.23 Å². The van der Waals surface area contributed by atoms with Crippen LogP contribution in [0.5, 0.6) is 5.75 Å². The minimum Gasteiger partial charge on any atom is -0.496 e. The van der Waals surface area contributed by atoms with Gasteiger partial charge in [0.2, 0.25) is 0 Å². The summed E-state index contributed by atoms with van der Waals surface area (Å²) >= 11 is 6.21. The Morgan fingerprint density at radius 2 is 1.03 bits per heavy atom. The number of benzene rings is 4. The Bertz CT molecular complexity index is 1020. The van der Waals surface area contributed by atoms with Gasteiger partial charge in [-0.2, -0.15) is 0 Å². The molecule has 4 rings (SSSR count). The third-order valence-corrected chi connectivity index (χ3v) is 6.64. The zero-order chi connectivity index (χ0) is 22.9. The number of rotatable bonds is 10. The third-order valence-electron chi connectivity index (χ3n) is 6.33. The molecule has 0 N–H and O–H groups in total. The molecule has 33 heavy (non-hydrogen) atoms. The molecule has 0 aliphatic rings. The van der Waals surface area contributed by atoms with Crippen LogP contribution in [0.25, 0.3) is 0 Å². The second kappa shape index (κ2) is 11.2. The summed E-state index contributed by atoms with van der Waals surface area (Å²) in [5.74, 6) is 1.43. The molecule has 0 amide bonds. The minimum atomic E-state index is -0.0255. The number of ether oxygens (including phenoxy) is 1. The van der Waals surface area contributed by atoms with Crippen LogP contribution >= 0.6 is 11.6 Å². The maximum atomic E-state index is 6.21. The van der Waals surface area contributed by atoms with E-state index in [-0.39, 0.29) is 5.41 Å². The lowest BCUT2D eigenvalue weighted by Gasteiger charge is -2.36. The molecule has 0 atom stereocenters. The average molecular weight is 455 g/mol. The van der Waals surface area contributed by atoms with Crippen LogP contribution in [0.2, 0.25) is 0 Å². The summed E-state index contributed by atoms with van der Waals surface area (Å²) in [4.78, 5) is 0. The van der Waals surface area contributed by atoms with Gasteiger partial charge in [0.05, 0.1) is 7.11 Å². The van der Waals surface area contributed by atoms with Gasteiger partial charge in [0.25, 0.3) is 0 Å². The first-order valence-electron chi connectivity index (χ1n) is 11.5. The minimum absolute atomic E-state index is 0.0255. The molecule has 0 aliphatic heterocycles. The van der Waals surface area contributed by atoms with Crippen molar-refractivity contribution in [3.63, 3.8) is 0 Å². The number of hydrogen-bond acceptors (Lipinski definition) is 1. The van der Waals surface area contributed by atoms with Crippen molar-refractivity contribution in [2.24, 2.45) is 5.41 Å². The Kier molecular flexibility index (Phi) is 7.86. The quantitative estimate of drug-likeness (QED) is 0.223. The lowest BCUT2D eigenvalue weighted by atomic mass is 9.68. The summed E-state index contributed by atoms with van der Waals surface area (Å²) in [6.07, 6.45) is 3.84. The van der Waals surface area contributed by atoms with Gasteiger partial charge in [-0.3, -0.25) is 0 Å². The largest absolute Gasteiger partial charge is 0.496 e. The maximum Gasteiger partial charge on any atom is 0.122 e. The fraction of sp³-hybridized carbons (Fsp3) is 0.226. The highest BCUT2D eigenvalue weighted by Crippen LogP contribution is 2.38. The van der Waals surface area contributed by atoms with Gasteiger partial charge < -0.3 is 4.74 Å². The predicted octanol–water partition coefficient (Wildman–Crippen LogP) is 7.69. The SMILES string of the molecule is COc1ccc(CCl)cc1CC(Cc1ccccc1)(Cc1ccccc1)Cc1ccccc1. The molecular weight excluding hydrogens is 424 g/mol. The van der Waals surface area contributed by atoms with Gasteiger partial charge in [0, 0.05) is 5.88 Å². The van der Waals surface area contributed by atoms with Crippen molar-refractivity contribution in [3.8, 4) is 5.75 Å². The molecule has 4 aromatic carbocycles. The van der Waals surface area contributed by atoms with Gasteiger partial charge >= 0.3 is 0 Å². The standard InChI is InChI=1S/C31H31ClO/c1-33-30-18-17-28(24-32)19-29(30)23-31(20-25-11-5-2-6-12-25,21-26-13-7-3-8-14-26)22-27-15-9-4-10-16-27/h2-19H,20-24H2,1H3. The van der Waals surface area contributed by atoms with E-state index in [2.05, 4.69) is 109 Å². The highest BCUT2D eigenvalue weighted by Gasteiger charge is 2.33. The summed E-state index contributed by atoms with van der Waals surface area (Å²) in [6.45, 7) is 0. The second-order valence-electron chi connectivity index (χ2n) is 8.94. The molecule has 0 aliphatic carbocycles. The molecule has 0 aromatic heterocycles. The molecule has 0 spiro atoms. The Labute approximate surface area is 203 Å². The Morgan fingerprint density at radius 1 is 0.576 bits per heavy atom. The van der Waals surface area contributed by atoms with Gasteiger partial charge in [-0.1, -0.05) is 103 Å². The molecule has 0 heterocycles. The van der Waals surface area contributed by atoms with Crippen LogP contribution in [0.15, 0.2) is 109 Å². The lowest BCUT2D eigenvalue weighted by Crippen LogP contribution is -2.32. The zero-order valence-electron chi connectivity index (χ0n) is 19.2. The van der Waals surface area contributed by atoms with Crippen molar-refractivity contribution in [1.82, 2.24) is 0 Å². The first-order valence-corrected chi connectivity index (χ1v) is 12.1. The summed E-state index contributed by atoms with van der Waals surface area (Å²) in [7, 11) is 1.76. The van der Waals surface area contributed by atoms with Crippen LogP contribution in [0.4, 0.5) is 0 Å². The molecule has 0 bridgehead atoms. The van der Waals surface area contributed by atoms with Crippen molar-refractivity contribution in [3.05, 3.63) is 137 Å². The first kappa shape index (κ1) is 23.1. The highest BCUT2D eigenvalue weighted by atomic mass is 35.5. The van der Waals surface area contributed by atoms with Crippen molar-refractivity contribution < 1.29 is 4.74 Å². The van der Waals surface area contributed by atoms with E-state index in [9.17, 15) is 0 Å². The van der Waals surface area contributed by atoms with E-state index in [1.807, 2.05) is 0 Å². The van der Waals surface area contributed by atoms with Crippen molar-refractivity contribution >= 4 is 11.6 Å². The van der Waals surface area contributed by atoms with Crippen LogP contribution in [-0.2, 0) is 31.6 Å². The van der Waals surface area contributed by atoms with E-state index < -0.39 is 0 Å². The molecule has 0 saturated carbocycles. The van der Waals surface area contributed by atoms with Gasteiger partial charge in [-0.25, -0.2) is 0 Å². The fourth-order valence-electron chi connectivity index (χ4n) is 4.92. The van der Waals surface area contributed by atoms with Crippen LogP contribution in [0, 0.1) is 5.41 Å². The summed E-state index contributed by atoms with van der Waals surface area (Å²) in [6, 6.07) is 38.9. The van der Waals surface area contributed by atoms with E-state index in [1.165, 1.54) is 22.3 Å². The van der Waals surface area contributed by atoms with Gasteiger partial charge in [0.15, 0.2) is 0 Å². The van der Waals surface area contributed by atoms with E-state index in [0.717, 1.165) is 37.0 Å². The van der Waals surface area contributed by atoms with E-state index in [0.29, 0.717) is 5.88 Å².